The zero-order valence-electron chi connectivity index (χ0n) is 14.5. The fourth-order valence-corrected chi connectivity index (χ4v) is 2.54. The third-order valence-corrected chi connectivity index (χ3v) is 3.69. The fourth-order valence-electron chi connectivity index (χ4n) is 2.54. The average molecular weight is 460 g/mol. The predicted octanol–water partition coefficient (Wildman–Crippen LogP) is 1.53. The summed E-state index contributed by atoms with van der Waals surface area (Å²) >= 11 is 0. The molecule has 1 amide bonds. The molecule has 0 spiro atoms. The second-order valence-electron chi connectivity index (χ2n) is 5.47. The van der Waals surface area contributed by atoms with Gasteiger partial charge in [-0.3, -0.25) is 14.6 Å². The lowest BCUT2D eigenvalue weighted by molar-refractivity contribution is -0.140. The van der Waals surface area contributed by atoms with Crippen LogP contribution in [0.15, 0.2) is 35.3 Å². The number of anilines is 1. The molecule has 2 N–H and O–H groups in total. The number of para-hydroxylation sites is 1. The first-order valence-electron chi connectivity index (χ1n) is 8.11. The SMILES string of the molecule is CCNC(=NCCC(=O)OC)NC1CC(=O)N(c2ccccc2)C1.I. The van der Waals surface area contributed by atoms with Crippen molar-refractivity contribution >= 4 is 47.5 Å². The van der Waals surface area contributed by atoms with Crippen molar-refractivity contribution in [2.75, 3.05) is 31.6 Å². The van der Waals surface area contributed by atoms with Gasteiger partial charge in [-0.25, -0.2) is 0 Å². The van der Waals surface area contributed by atoms with Crippen molar-refractivity contribution in [3.8, 4) is 0 Å². The van der Waals surface area contributed by atoms with Gasteiger partial charge in [0.2, 0.25) is 5.91 Å². The summed E-state index contributed by atoms with van der Waals surface area (Å²) in [5.74, 6) is 0.402. The van der Waals surface area contributed by atoms with Crippen LogP contribution in [-0.2, 0) is 14.3 Å². The molecule has 1 aromatic rings. The van der Waals surface area contributed by atoms with E-state index in [4.69, 9.17) is 0 Å². The minimum Gasteiger partial charge on any atom is -0.469 e. The quantitative estimate of drug-likeness (QED) is 0.291. The summed E-state index contributed by atoms with van der Waals surface area (Å²) in [6.45, 7) is 3.59. The Hall–Kier alpha value is -1.84. The monoisotopic (exact) mass is 460 g/mol. The van der Waals surface area contributed by atoms with E-state index in [1.54, 1.807) is 4.90 Å². The molecule has 0 aliphatic carbocycles. The summed E-state index contributed by atoms with van der Waals surface area (Å²) in [6.07, 6.45) is 0.642. The van der Waals surface area contributed by atoms with E-state index in [1.807, 2.05) is 37.3 Å². The molecule has 0 aromatic heterocycles. The van der Waals surface area contributed by atoms with E-state index >= 15 is 0 Å². The van der Waals surface area contributed by atoms with Gasteiger partial charge < -0.3 is 20.3 Å². The highest BCUT2D eigenvalue weighted by atomic mass is 127. The number of nitrogens with one attached hydrogen (secondary N) is 2. The fraction of sp³-hybridized carbons (Fsp3) is 0.471. The van der Waals surface area contributed by atoms with Crippen molar-refractivity contribution in [1.29, 1.82) is 0 Å². The van der Waals surface area contributed by atoms with Gasteiger partial charge in [-0.2, -0.15) is 0 Å². The molecule has 1 heterocycles. The van der Waals surface area contributed by atoms with Crippen molar-refractivity contribution in [3.05, 3.63) is 30.3 Å². The maximum atomic E-state index is 12.2. The Morgan fingerprint density at radius 3 is 2.72 bits per heavy atom. The largest absolute Gasteiger partial charge is 0.469 e. The van der Waals surface area contributed by atoms with Crippen LogP contribution in [0.2, 0.25) is 0 Å². The molecule has 1 aliphatic heterocycles. The van der Waals surface area contributed by atoms with Gasteiger partial charge in [0.25, 0.3) is 0 Å². The third-order valence-electron chi connectivity index (χ3n) is 3.69. The average Bonchev–Trinajstić information content (AvgIpc) is 2.96. The minimum absolute atomic E-state index is 0. The van der Waals surface area contributed by atoms with Gasteiger partial charge in [-0.15, -0.1) is 24.0 Å². The topological polar surface area (TPSA) is 83.0 Å². The number of amides is 1. The van der Waals surface area contributed by atoms with Crippen molar-refractivity contribution in [2.45, 2.75) is 25.8 Å². The molecule has 8 heteroatoms. The number of carbonyl (C=O) groups is 2. The van der Waals surface area contributed by atoms with Gasteiger partial charge in [0.05, 0.1) is 26.1 Å². The van der Waals surface area contributed by atoms with Gasteiger partial charge in [0, 0.05) is 25.2 Å². The number of halogens is 1. The van der Waals surface area contributed by atoms with E-state index in [2.05, 4.69) is 20.4 Å². The van der Waals surface area contributed by atoms with Gasteiger partial charge in [0.15, 0.2) is 5.96 Å². The second-order valence-corrected chi connectivity index (χ2v) is 5.47. The molecule has 1 atom stereocenters. The third kappa shape index (κ3) is 6.52. The van der Waals surface area contributed by atoms with Crippen LogP contribution in [0.3, 0.4) is 0 Å². The van der Waals surface area contributed by atoms with Crippen molar-refractivity contribution in [3.63, 3.8) is 0 Å². The molecule has 1 unspecified atom stereocenters. The van der Waals surface area contributed by atoms with E-state index in [0.29, 0.717) is 32.0 Å². The van der Waals surface area contributed by atoms with Gasteiger partial charge in [-0.05, 0) is 19.1 Å². The first-order valence-corrected chi connectivity index (χ1v) is 8.11. The van der Waals surface area contributed by atoms with Crippen LogP contribution in [0.1, 0.15) is 19.8 Å². The number of carbonyl (C=O) groups excluding carboxylic acids is 2. The molecule has 138 valence electrons. The summed E-state index contributed by atoms with van der Waals surface area (Å²) in [7, 11) is 1.36. The van der Waals surface area contributed by atoms with Crippen molar-refractivity contribution in [1.82, 2.24) is 10.6 Å². The summed E-state index contributed by atoms with van der Waals surface area (Å²) in [5.41, 5.74) is 0.902. The Labute approximate surface area is 165 Å². The second kappa shape index (κ2) is 10.9. The molecule has 1 aliphatic rings. The number of aliphatic imine (C=N–C) groups is 1. The maximum absolute atomic E-state index is 12.2. The molecule has 0 radical (unpaired) electrons. The van der Waals surface area contributed by atoms with Gasteiger partial charge in [-0.1, -0.05) is 18.2 Å². The lowest BCUT2D eigenvalue weighted by Crippen LogP contribution is -2.44. The lowest BCUT2D eigenvalue weighted by atomic mass is 10.2. The minimum atomic E-state index is -0.291. The number of hydrogen-bond acceptors (Lipinski definition) is 4. The Kier molecular flexibility index (Phi) is 9.25. The van der Waals surface area contributed by atoms with Crippen LogP contribution in [0.5, 0.6) is 0 Å². The Morgan fingerprint density at radius 1 is 1.36 bits per heavy atom. The van der Waals surface area contributed by atoms with Crippen molar-refractivity contribution in [2.24, 2.45) is 4.99 Å². The maximum Gasteiger partial charge on any atom is 0.307 e. The molecular formula is C17H25IN4O3. The molecule has 2 rings (SSSR count). The summed E-state index contributed by atoms with van der Waals surface area (Å²) in [5, 5.41) is 6.39. The van der Waals surface area contributed by atoms with Crippen LogP contribution in [-0.4, -0.2) is 50.6 Å². The van der Waals surface area contributed by atoms with Crippen molar-refractivity contribution < 1.29 is 14.3 Å². The predicted molar refractivity (Wildman–Crippen MR) is 108 cm³/mol. The smallest absolute Gasteiger partial charge is 0.307 e. The highest BCUT2D eigenvalue weighted by Crippen LogP contribution is 2.20. The molecule has 7 nitrogen and oxygen atoms in total. The number of ether oxygens (including phenoxy) is 1. The van der Waals surface area contributed by atoms with E-state index in [1.165, 1.54) is 7.11 Å². The summed E-state index contributed by atoms with van der Waals surface area (Å²) in [4.78, 5) is 29.5. The Balaban J connectivity index is 0.00000312. The van der Waals surface area contributed by atoms with Crippen LogP contribution < -0.4 is 15.5 Å². The molecule has 0 bridgehead atoms. The molecule has 25 heavy (non-hydrogen) atoms. The van der Waals surface area contributed by atoms with Crippen LogP contribution in [0.25, 0.3) is 0 Å². The standard InChI is InChI=1S/C17H24N4O3.HI/c1-3-18-17(19-10-9-16(23)24-2)20-13-11-15(22)21(12-13)14-7-5-4-6-8-14;/h4-8,13H,3,9-12H2,1-2H3,(H2,18,19,20);1H. The van der Waals surface area contributed by atoms with Crippen LogP contribution in [0.4, 0.5) is 5.69 Å². The number of hydrogen-bond donors (Lipinski definition) is 2. The molecule has 1 saturated heterocycles. The normalized spacial score (nSPS) is 17.0. The Morgan fingerprint density at radius 2 is 2.08 bits per heavy atom. The zero-order valence-corrected chi connectivity index (χ0v) is 16.9. The highest BCUT2D eigenvalue weighted by molar-refractivity contribution is 14.0. The number of methoxy groups -OCH3 is 1. The molecule has 0 saturated carbocycles. The highest BCUT2D eigenvalue weighted by Gasteiger charge is 2.30. The first-order chi connectivity index (χ1) is 11.6. The van der Waals surface area contributed by atoms with Crippen LogP contribution >= 0.6 is 24.0 Å². The first kappa shape index (κ1) is 21.2. The summed E-state index contributed by atoms with van der Waals surface area (Å²) < 4.78 is 4.60. The number of benzene rings is 1. The molecule has 1 aromatic carbocycles. The van der Waals surface area contributed by atoms with E-state index in [0.717, 1.165) is 5.69 Å². The van der Waals surface area contributed by atoms with E-state index in [-0.39, 0.29) is 48.3 Å². The Bertz CT molecular complexity index is 595. The molecule has 1 fully saturated rings. The molecular weight excluding hydrogens is 435 g/mol. The lowest BCUT2D eigenvalue weighted by Gasteiger charge is -2.18. The number of rotatable bonds is 6. The van der Waals surface area contributed by atoms with Gasteiger partial charge in [0.1, 0.15) is 0 Å². The number of nitrogens with zero attached hydrogens (tertiary/aromatic N) is 2. The van der Waals surface area contributed by atoms with E-state index in [9.17, 15) is 9.59 Å². The zero-order chi connectivity index (χ0) is 17.4. The number of guanidine groups is 1. The van der Waals surface area contributed by atoms with Crippen LogP contribution in [0, 0.1) is 0 Å². The van der Waals surface area contributed by atoms with E-state index < -0.39 is 0 Å². The number of esters is 1. The van der Waals surface area contributed by atoms with Gasteiger partial charge >= 0.3 is 5.97 Å². The summed E-state index contributed by atoms with van der Waals surface area (Å²) in [6, 6.07) is 9.60.